The van der Waals surface area contributed by atoms with Crippen molar-refractivity contribution in [2.24, 2.45) is 0 Å². The van der Waals surface area contributed by atoms with Crippen LogP contribution in [-0.4, -0.2) is 54.1 Å². The molecule has 0 radical (unpaired) electrons. The fourth-order valence-corrected chi connectivity index (χ4v) is 1.90. The Morgan fingerprint density at radius 2 is 2.06 bits per heavy atom. The Labute approximate surface area is 106 Å². The molecular weight excluding hydrogens is 232 g/mol. The van der Waals surface area contributed by atoms with Crippen molar-refractivity contribution in [3.63, 3.8) is 0 Å². The number of carbonyl (C=O) groups excluding carboxylic acids is 1. The summed E-state index contributed by atoms with van der Waals surface area (Å²) >= 11 is 0. The van der Waals surface area contributed by atoms with Crippen molar-refractivity contribution in [2.45, 2.75) is 12.8 Å². The van der Waals surface area contributed by atoms with Crippen LogP contribution in [0.15, 0.2) is 12.4 Å². The van der Waals surface area contributed by atoms with E-state index in [9.17, 15) is 4.79 Å². The number of nitrogens with zero attached hydrogens (tertiary/aromatic N) is 3. The molecule has 1 aliphatic heterocycles. The Kier molecular flexibility index (Phi) is 4.46. The minimum absolute atomic E-state index is 0.201. The summed E-state index contributed by atoms with van der Waals surface area (Å²) in [5.74, 6) is 0.201. The summed E-state index contributed by atoms with van der Waals surface area (Å²) in [7, 11) is 1.53. The second-order valence-corrected chi connectivity index (χ2v) is 4.21. The first-order valence-corrected chi connectivity index (χ1v) is 6.13. The molecule has 0 atom stereocenters. The van der Waals surface area contributed by atoms with E-state index in [1.165, 1.54) is 7.11 Å². The monoisotopic (exact) mass is 250 g/mol. The maximum Gasteiger partial charge on any atom is 0.316 e. The summed E-state index contributed by atoms with van der Waals surface area (Å²) < 4.78 is 4.89. The van der Waals surface area contributed by atoms with Crippen LogP contribution in [0.3, 0.4) is 0 Å². The molecule has 1 N–H and O–H groups in total. The molecule has 1 fully saturated rings. The maximum absolute atomic E-state index is 11.9. The van der Waals surface area contributed by atoms with Gasteiger partial charge in [-0.3, -0.25) is 4.79 Å². The minimum Gasteiger partial charge on any atom is -0.467 e. The first-order valence-electron chi connectivity index (χ1n) is 6.13. The molecule has 1 aromatic heterocycles. The zero-order chi connectivity index (χ0) is 12.8. The van der Waals surface area contributed by atoms with Gasteiger partial charge in [-0.05, 0) is 12.0 Å². The summed E-state index contributed by atoms with van der Waals surface area (Å²) in [4.78, 5) is 21.9. The average Bonchev–Trinajstić information content (AvgIpc) is 2.46. The van der Waals surface area contributed by atoms with E-state index >= 15 is 0 Å². The van der Waals surface area contributed by atoms with E-state index < -0.39 is 0 Å². The molecule has 0 spiro atoms. The van der Waals surface area contributed by atoms with Crippen molar-refractivity contribution in [1.82, 2.24) is 20.2 Å². The van der Waals surface area contributed by atoms with Gasteiger partial charge in [-0.1, -0.05) is 0 Å². The largest absolute Gasteiger partial charge is 0.467 e. The second kappa shape index (κ2) is 6.30. The Hall–Kier alpha value is -1.69. The Balaban J connectivity index is 1.80. The lowest BCUT2D eigenvalue weighted by Crippen LogP contribution is -2.46. The molecule has 0 aromatic carbocycles. The molecule has 98 valence electrons. The highest BCUT2D eigenvalue weighted by molar-refractivity contribution is 5.76. The lowest BCUT2D eigenvalue weighted by molar-refractivity contribution is -0.131. The SMILES string of the molecule is COc1ncc(CCC(=O)N2CCNCC2)cn1. The molecule has 6 nitrogen and oxygen atoms in total. The fraction of sp³-hybridized carbons (Fsp3) is 0.583. The van der Waals surface area contributed by atoms with E-state index in [-0.39, 0.29) is 5.91 Å². The fourth-order valence-electron chi connectivity index (χ4n) is 1.90. The Morgan fingerprint density at radius 3 is 2.67 bits per heavy atom. The Bertz CT molecular complexity index is 388. The van der Waals surface area contributed by atoms with Crippen LogP contribution in [0.5, 0.6) is 6.01 Å². The lowest BCUT2D eigenvalue weighted by atomic mass is 10.1. The molecule has 1 amide bonds. The van der Waals surface area contributed by atoms with Gasteiger partial charge in [-0.2, -0.15) is 0 Å². The second-order valence-electron chi connectivity index (χ2n) is 4.21. The van der Waals surface area contributed by atoms with E-state index in [4.69, 9.17) is 4.74 Å². The van der Waals surface area contributed by atoms with Gasteiger partial charge in [0.25, 0.3) is 0 Å². The number of rotatable bonds is 4. The van der Waals surface area contributed by atoms with Gasteiger partial charge in [0, 0.05) is 45.0 Å². The summed E-state index contributed by atoms with van der Waals surface area (Å²) in [5.41, 5.74) is 0.958. The van der Waals surface area contributed by atoms with Crippen molar-refractivity contribution in [3.05, 3.63) is 18.0 Å². The zero-order valence-corrected chi connectivity index (χ0v) is 10.6. The Morgan fingerprint density at radius 1 is 1.39 bits per heavy atom. The standard InChI is InChI=1S/C12H18N4O2/c1-18-12-14-8-10(9-15-12)2-3-11(17)16-6-4-13-5-7-16/h8-9,13H,2-7H2,1H3. The number of piperazine rings is 1. The highest BCUT2D eigenvalue weighted by atomic mass is 16.5. The van der Waals surface area contributed by atoms with Gasteiger partial charge in [0.15, 0.2) is 0 Å². The first kappa shape index (κ1) is 12.8. The highest BCUT2D eigenvalue weighted by Gasteiger charge is 2.15. The van der Waals surface area contributed by atoms with Crippen LogP contribution >= 0.6 is 0 Å². The van der Waals surface area contributed by atoms with Gasteiger partial charge in [0.1, 0.15) is 0 Å². The van der Waals surface area contributed by atoms with Crippen LogP contribution in [-0.2, 0) is 11.2 Å². The molecule has 1 aromatic rings. The van der Waals surface area contributed by atoms with Gasteiger partial charge in [-0.15, -0.1) is 0 Å². The molecule has 0 saturated carbocycles. The number of nitrogens with one attached hydrogen (secondary N) is 1. The van der Waals surface area contributed by atoms with E-state index in [2.05, 4.69) is 15.3 Å². The van der Waals surface area contributed by atoms with Crippen molar-refractivity contribution < 1.29 is 9.53 Å². The number of ether oxygens (including phenoxy) is 1. The van der Waals surface area contributed by atoms with Gasteiger partial charge in [0.05, 0.1) is 7.11 Å². The van der Waals surface area contributed by atoms with Crippen molar-refractivity contribution in [1.29, 1.82) is 0 Å². The number of hydrogen-bond acceptors (Lipinski definition) is 5. The predicted octanol–water partition coefficient (Wildman–Crippen LogP) is -0.150. The molecule has 0 aliphatic carbocycles. The van der Waals surface area contributed by atoms with Crippen LogP contribution in [0.2, 0.25) is 0 Å². The van der Waals surface area contributed by atoms with Crippen LogP contribution < -0.4 is 10.1 Å². The molecule has 1 saturated heterocycles. The van der Waals surface area contributed by atoms with Gasteiger partial charge in [0.2, 0.25) is 5.91 Å². The van der Waals surface area contributed by atoms with E-state index in [1.54, 1.807) is 12.4 Å². The summed E-state index contributed by atoms with van der Waals surface area (Å²) in [6, 6.07) is 0.354. The first-order chi connectivity index (χ1) is 8.79. The molecule has 1 aliphatic rings. The number of aryl methyl sites for hydroxylation is 1. The lowest BCUT2D eigenvalue weighted by Gasteiger charge is -2.27. The number of carbonyl (C=O) groups is 1. The molecule has 2 rings (SSSR count). The molecule has 0 bridgehead atoms. The number of hydrogen-bond donors (Lipinski definition) is 1. The van der Waals surface area contributed by atoms with Crippen LogP contribution in [0.25, 0.3) is 0 Å². The van der Waals surface area contributed by atoms with Crippen LogP contribution in [0.4, 0.5) is 0 Å². The molecule has 0 unspecified atom stereocenters. The summed E-state index contributed by atoms with van der Waals surface area (Å²) in [6.07, 6.45) is 4.59. The van der Waals surface area contributed by atoms with Gasteiger partial charge >= 0.3 is 6.01 Å². The third-order valence-electron chi connectivity index (χ3n) is 2.96. The topological polar surface area (TPSA) is 67.3 Å². The smallest absolute Gasteiger partial charge is 0.316 e. The molecule has 18 heavy (non-hydrogen) atoms. The number of aromatic nitrogens is 2. The van der Waals surface area contributed by atoms with Gasteiger partial charge in [-0.25, -0.2) is 9.97 Å². The molecular formula is C12H18N4O2. The number of methoxy groups -OCH3 is 1. The van der Waals surface area contributed by atoms with Crippen molar-refractivity contribution in [2.75, 3.05) is 33.3 Å². The third kappa shape index (κ3) is 3.40. The minimum atomic E-state index is 0.201. The van der Waals surface area contributed by atoms with Crippen molar-refractivity contribution >= 4 is 5.91 Å². The third-order valence-corrected chi connectivity index (χ3v) is 2.96. The average molecular weight is 250 g/mol. The van der Waals surface area contributed by atoms with Gasteiger partial charge < -0.3 is 15.0 Å². The van der Waals surface area contributed by atoms with Crippen molar-refractivity contribution in [3.8, 4) is 6.01 Å². The van der Waals surface area contributed by atoms with Crippen LogP contribution in [0.1, 0.15) is 12.0 Å². The summed E-state index contributed by atoms with van der Waals surface area (Å²) in [5, 5.41) is 3.23. The highest BCUT2D eigenvalue weighted by Crippen LogP contribution is 2.06. The maximum atomic E-state index is 11.9. The van der Waals surface area contributed by atoms with E-state index in [0.717, 1.165) is 31.7 Å². The summed E-state index contributed by atoms with van der Waals surface area (Å²) in [6.45, 7) is 3.38. The van der Waals surface area contributed by atoms with Crippen LogP contribution in [0, 0.1) is 0 Å². The van der Waals surface area contributed by atoms with E-state index in [1.807, 2.05) is 4.90 Å². The normalized spacial score (nSPS) is 15.5. The number of amides is 1. The quantitative estimate of drug-likeness (QED) is 0.805. The molecule has 2 heterocycles. The van der Waals surface area contributed by atoms with E-state index in [0.29, 0.717) is 18.9 Å². The predicted molar refractivity (Wildman–Crippen MR) is 66.4 cm³/mol. The zero-order valence-electron chi connectivity index (χ0n) is 10.6. The molecule has 6 heteroatoms.